The van der Waals surface area contributed by atoms with Crippen molar-refractivity contribution in [2.75, 3.05) is 11.4 Å². The average molecular weight is 210 g/mol. The summed E-state index contributed by atoms with van der Waals surface area (Å²) in [6.45, 7) is 5.68. The minimum absolute atomic E-state index is 0.255. The smallest absolute Gasteiger partial charge is 0.0639 e. The molecule has 0 aromatic heterocycles. The van der Waals surface area contributed by atoms with Crippen molar-refractivity contribution in [2.45, 2.75) is 32.2 Å². The Kier molecular flexibility index (Phi) is 2.44. The number of hydrogen-bond acceptors (Lipinski definition) is 1. The lowest BCUT2D eigenvalue weighted by Gasteiger charge is -2.34. The van der Waals surface area contributed by atoms with Crippen LogP contribution >= 0.6 is 11.6 Å². The Bertz CT molecular complexity index is 333. The van der Waals surface area contributed by atoms with E-state index < -0.39 is 0 Å². The Balaban J connectivity index is 2.36. The first-order chi connectivity index (χ1) is 6.61. The minimum Gasteiger partial charge on any atom is -0.365 e. The second kappa shape index (κ2) is 3.47. The van der Waals surface area contributed by atoms with E-state index in [1.807, 2.05) is 12.1 Å². The van der Waals surface area contributed by atoms with Crippen LogP contribution in [0.25, 0.3) is 0 Å². The number of benzene rings is 1. The lowest BCUT2D eigenvalue weighted by molar-refractivity contribution is 0.518. The van der Waals surface area contributed by atoms with Gasteiger partial charge in [-0.2, -0.15) is 0 Å². The van der Waals surface area contributed by atoms with Crippen molar-refractivity contribution in [3.63, 3.8) is 0 Å². The molecule has 1 aromatic carbocycles. The second-order valence-electron chi connectivity index (χ2n) is 4.52. The van der Waals surface area contributed by atoms with Crippen LogP contribution in [-0.2, 0) is 0 Å². The number of anilines is 1. The molecule has 1 heterocycles. The second-order valence-corrected chi connectivity index (χ2v) is 4.93. The Morgan fingerprint density at radius 3 is 2.57 bits per heavy atom. The molecule has 0 N–H and O–H groups in total. The Morgan fingerprint density at radius 2 is 2.00 bits per heavy atom. The van der Waals surface area contributed by atoms with Crippen LogP contribution in [0.3, 0.4) is 0 Å². The standard InChI is InChI=1S/C12H16ClN/c1-12(2)8-5-9-14(12)11-7-4-3-6-10(11)13/h3-4,6-7H,5,8-9H2,1-2H3. The minimum atomic E-state index is 0.255. The van der Waals surface area contributed by atoms with E-state index in [4.69, 9.17) is 11.6 Å². The zero-order chi connectivity index (χ0) is 10.2. The third-order valence-corrected chi connectivity index (χ3v) is 3.36. The molecule has 1 saturated heterocycles. The van der Waals surface area contributed by atoms with Crippen molar-refractivity contribution in [3.8, 4) is 0 Å². The van der Waals surface area contributed by atoms with E-state index >= 15 is 0 Å². The molecule has 76 valence electrons. The molecule has 0 saturated carbocycles. The normalized spacial score (nSPS) is 20.1. The summed E-state index contributed by atoms with van der Waals surface area (Å²) >= 11 is 6.19. The third-order valence-electron chi connectivity index (χ3n) is 3.04. The molecular formula is C12H16ClN. The molecule has 2 rings (SSSR count). The number of hydrogen-bond donors (Lipinski definition) is 0. The van der Waals surface area contributed by atoms with Gasteiger partial charge < -0.3 is 4.90 Å². The van der Waals surface area contributed by atoms with Crippen LogP contribution in [-0.4, -0.2) is 12.1 Å². The first-order valence-electron chi connectivity index (χ1n) is 5.13. The van der Waals surface area contributed by atoms with E-state index in [1.54, 1.807) is 0 Å². The van der Waals surface area contributed by atoms with Crippen molar-refractivity contribution >= 4 is 17.3 Å². The maximum atomic E-state index is 6.19. The molecule has 0 bridgehead atoms. The predicted octanol–water partition coefficient (Wildman–Crippen LogP) is 3.72. The van der Waals surface area contributed by atoms with Crippen molar-refractivity contribution < 1.29 is 0 Å². The zero-order valence-corrected chi connectivity index (χ0v) is 9.51. The van der Waals surface area contributed by atoms with Crippen molar-refractivity contribution in [1.82, 2.24) is 0 Å². The van der Waals surface area contributed by atoms with Gasteiger partial charge >= 0.3 is 0 Å². The zero-order valence-electron chi connectivity index (χ0n) is 8.76. The fourth-order valence-corrected chi connectivity index (χ4v) is 2.46. The topological polar surface area (TPSA) is 3.24 Å². The van der Waals surface area contributed by atoms with Crippen molar-refractivity contribution in [1.29, 1.82) is 0 Å². The molecule has 0 aliphatic carbocycles. The Morgan fingerprint density at radius 1 is 1.29 bits per heavy atom. The van der Waals surface area contributed by atoms with E-state index in [0.717, 1.165) is 11.6 Å². The number of halogens is 1. The van der Waals surface area contributed by atoms with Crippen LogP contribution in [0.2, 0.25) is 5.02 Å². The summed E-state index contributed by atoms with van der Waals surface area (Å²) in [6.07, 6.45) is 2.51. The van der Waals surface area contributed by atoms with Crippen LogP contribution in [0.4, 0.5) is 5.69 Å². The van der Waals surface area contributed by atoms with Gasteiger partial charge in [0, 0.05) is 12.1 Å². The van der Waals surface area contributed by atoms with Gasteiger partial charge in [0.25, 0.3) is 0 Å². The molecule has 0 radical (unpaired) electrons. The molecule has 1 aromatic rings. The molecule has 2 heteroatoms. The summed E-state index contributed by atoms with van der Waals surface area (Å²) in [5.74, 6) is 0. The fraction of sp³-hybridized carbons (Fsp3) is 0.500. The fourth-order valence-electron chi connectivity index (χ4n) is 2.22. The highest BCUT2D eigenvalue weighted by atomic mass is 35.5. The molecule has 1 fully saturated rings. The maximum absolute atomic E-state index is 6.19. The molecule has 1 aliphatic heterocycles. The highest BCUT2D eigenvalue weighted by Gasteiger charge is 2.32. The van der Waals surface area contributed by atoms with Crippen molar-refractivity contribution in [2.24, 2.45) is 0 Å². The summed E-state index contributed by atoms with van der Waals surface area (Å²) in [7, 11) is 0. The van der Waals surface area contributed by atoms with Gasteiger partial charge in [-0.1, -0.05) is 23.7 Å². The van der Waals surface area contributed by atoms with Crippen LogP contribution in [0.15, 0.2) is 24.3 Å². The average Bonchev–Trinajstić information content (AvgIpc) is 2.46. The SMILES string of the molecule is CC1(C)CCCN1c1ccccc1Cl. The largest absolute Gasteiger partial charge is 0.365 e. The van der Waals surface area contributed by atoms with Gasteiger partial charge in [-0.05, 0) is 38.8 Å². The molecule has 0 atom stereocenters. The van der Waals surface area contributed by atoms with E-state index in [1.165, 1.54) is 18.5 Å². The monoisotopic (exact) mass is 209 g/mol. The molecule has 1 aliphatic rings. The first kappa shape index (κ1) is 9.85. The lowest BCUT2D eigenvalue weighted by Crippen LogP contribution is -2.38. The van der Waals surface area contributed by atoms with Crippen LogP contribution < -0.4 is 4.90 Å². The summed E-state index contributed by atoms with van der Waals surface area (Å²) in [6, 6.07) is 8.10. The Hall–Kier alpha value is -0.690. The van der Waals surface area contributed by atoms with Crippen LogP contribution in [0, 0.1) is 0 Å². The quantitative estimate of drug-likeness (QED) is 0.682. The molecule has 0 amide bonds. The highest BCUT2D eigenvalue weighted by Crippen LogP contribution is 2.36. The highest BCUT2D eigenvalue weighted by molar-refractivity contribution is 6.33. The van der Waals surface area contributed by atoms with Gasteiger partial charge in [0.15, 0.2) is 0 Å². The van der Waals surface area contributed by atoms with E-state index in [2.05, 4.69) is 30.9 Å². The van der Waals surface area contributed by atoms with Gasteiger partial charge in [0.2, 0.25) is 0 Å². The molecule has 0 spiro atoms. The number of rotatable bonds is 1. The van der Waals surface area contributed by atoms with E-state index in [0.29, 0.717) is 0 Å². The summed E-state index contributed by atoms with van der Waals surface area (Å²) in [5.41, 5.74) is 1.43. The Labute approximate surface area is 90.7 Å². The molecule has 14 heavy (non-hydrogen) atoms. The van der Waals surface area contributed by atoms with Crippen LogP contribution in [0.1, 0.15) is 26.7 Å². The van der Waals surface area contributed by atoms with Crippen LogP contribution in [0.5, 0.6) is 0 Å². The van der Waals surface area contributed by atoms with Gasteiger partial charge in [-0.3, -0.25) is 0 Å². The summed E-state index contributed by atoms with van der Waals surface area (Å²) < 4.78 is 0. The molecular weight excluding hydrogens is 194 g/mol. The van der Waals surface area contributed by atoms with Gasteiger partial charge in [0.05, 0.1) is 10.7 Å². The number of para-hydroxylation sites is 1. The first-order valence-corrected chi connectivity index (χ1v) is 5.51. The third kappa shape index (κ3) is 1.61. The van der Waals surface area contributed by atoms with Gasteiger partial charge in [0.1, 0.15) is 0 Å². The molecule has 1 nitrogen and oxygen atoms in total. The van der Waals surface area contributed by atoms with Gasteiger partial charge in [-0.25, -0.2) is 0 Å². The van der Waals surface area contributed by atoms with Gasteiger partial charge in [-0.15, -0.1) is 0 Å². The summed E-state index contributed by atoms with van der Waals surface area (Å²) in [5, 5.41) is 0.863. The lowest BCUT2D eigenvalue weighted by atomic mass is 10.0. The predicted molar refractivity (Wildman–Crippen MR) is 62.1 cm³/mol. The summed E-state index contributed by atoms with van der Waals surface area (Å²) in [4.78, 5) is 2.41. The van der Waals surface area contributed by atoms with E-state index in [-0.39, 0.29) is 5.54 Å². The molecule has 0 unspecified atom stereocenters. The van der Waals surface area contributed by atoms with E-state index in [9.17, 15) is 0 Å². The number of nitrogens with zero attached hydrogens (tertiary/aromatic N) is 1. The maximum Gasteiger partial charge on any atom is 0.0639 e. The van der Waals surface area contributed by atoms with Crippen molar-refractivity contribution in [3.05, 3.63) is 29.3 Å².